The minimum atomic E-state index is 0.407. The van der Waals surface area contributed by atoms with Crippen LogP contribution in [-0.2, 0) is 4.79 Å². The fraction of sp³-hybridized carbons (Fsp3) is 0.938. The van der Waals surface area contributed by atoms with Gasteiger partial charge in [-0.25, -0.2) is 0 Å². The fourth-order valence-corrected chi connectivity index (χ4v) is 3.61. The van der Waals surface area contributed by atoms with Crippen LogP contribution in [0.1, 0.15) is 64.7 Å². The van der Waals surface area contributed by atoms with Crippen LogP contribution >= 0.6 is 0 Å². The molecule has 18 heavy (non-hydrogen) atoms. The molecular weight excluding hydrogens is 222 g/mol. The van der Waals surface area contributed by atoms with Gasteiger partial charge >= 0.3 is 0 Å². The van der Waals surface area contributed by atoms with Crippen molar-refractivity contribution in [3.63, 3.8) is 0 Å². The molecule has 1 unspecified atom stereocenters. The maximum atomic E-state index is 12.2. The maximum Gasteiger partial charge on any atom is 0.135 e. The molecule has 2 aliphatic rings. The van der Waals surface area contributed by atoms with Crippen LogP contribution in [-0.4, -0.2) is 18.9 Å². The summed E-state index contributed by atoms with van der Waals surface area (Å²) < 4.78 is 0. The zero-order valence-corrected chi connectivity index (χ0v) is 11.9. The largest absolute Gasteiger partial charge is 0.316 e. The third-order valence-electron chi connectivity index (χ3n) is 5.08. The van der Waals surface area contributed by atoms with Gasteiger partial charge in [0.1, 0.15) is 5.78 Å². The highest BCUT2D eigenvalue weighted by Crippen LogP contribution is 2.32. The van der Waals surface area contributed by atoms with E-state index in [0.29, 0.717) is 11.7 Å². The molecule has 2 nitrogen and oxygen atoms in total. The van der Waals surface area contributed by atoms with Gasteiger partial charge in [0.05, 0.1) is 0 Å². The van der Waals surface area contributed by atoms with E-state index in [1.807, 2.05) is 0 Å². The smallest absolute Gasteiger partial charge is 0.135 e. The number of ketones is 1. The Morgan fingerprint density at radius 1 is 1.11 bits per heavy atom. The van der Waals surface area contributed by atoms with Crippen LogP contribution in [0, 0.1) is 17.8 Å². The molecule has 0 bridgehead atoms. The summed E-state index contributed by atoms with van der Waals surface area (Å²) in [4.78, 5) is 12.2. The Hall–Kier alpha value is -0.370. The van der Waals surface area contributed by atoms with Gasteiger partial charge in [0.2, 0.25) is 0 Å². The highest BCUT2D eigenvalue weighted by molar-refractivity contribution is 5.81. The summed E-state index contributed by atoms with van der Waals surface area (Å²) in [6.07, 6.45) is 10.8. The van der Waals surface area contributed by atoms with Crippen molar-refractivity contribution < 1.29 is 4.79 Å². The molecule has 1 saturated carbocycles. The van der Waals surface area contributed by atoms with E-state index in [0.717, 1.165) is 31.2 Å². The predicted molar refractivity (Wildman–Crippen MR) is 75.6 cm³/mol. The second-order valence-electron chi connectivity index (χ2n) is 6.34. The Labute approximate surface area is 112 Å². The first-order valence-electron chi connectivity index (χ1n) is 8.03. The lowest BCUT2D eigenvalue weighted by molar-refractivity contribution is -0.124. The fourth-order valence-electron chi connectivity index (χ4n) is 3.61. The summed E-state index contributed by atoms with van der Waals surface area (Å²) in [6.45, 7) is 4.59. The number of hydrogen-bond acceptors (Lipinski definition) is 2. The summed E-state index contributed by atoms with van der Waals surface area (Å²) in [7, 11) is 0. The molecule has 0 aromatic rings. The van der Waals surface area contributed by atoms with E-state index in [9.17, 15) is 4.79 Å². The predicted octanol–water partition coefficient (Wildman–Crippen LogP) is 3.55. The zero-order chi connectivity index (χ0) is 12.8. The molecule has 0 aromatic heterocycles. The van der Waals surface area contributed by atoms with Crippen LogP contribution in [0.2, 0.25) is 0 Å². The quantitative estimate of drug-likeness (QED) is 0.809. The highest BCUT2D eigenvalue weighted by atomic mass is 16.1. The lowest BCUT2D eigenvalue weighted by Crippen LogP contribution is -2.30. The zero-order valence-electron chi connectivity index (χ0n) is 11.9. The number of Topliss-reactive ketones (excluding diaryl/α,β-unsaturated/α-hetero) is 1. The Bertz CT molecular complexity index is 250. The molecular formula is C16H29NO. The summed E-state index contributed by atoms with van der Waals surface area (Å²) in [5, 5.41) is 3.44. The first-order valence-corrected chi connectivity index (χ1v) is 8.03. The number of piperidine rings is 1. The second kappa shape index (κ2) is 7.28. The van der Waals surface area contributed by atoms with Gasteiger partial charge in [-0.3, -0.25) is 4.79 Å². The maximum absolute atomic E-state index is 12.2. The number of nitrogens with one attached hydrogen (secondary N) is 1. The van der Waals surface area contributed by atoms with Crippen LogP contribution < -0.4 is 5.32 Å². The van der Waals surface area contributed by atoms with Gasteiger partial charge in [-0.05, 0) is 69.9 Å². The molecule has 1 saturated heterocycles. The van der Waals surface area contributed by atoms with Crippen molar-refractivity contribution in [3.8, 4) is 0 Å². The van der Waals surface area contributed by atoms with Crippen LogP contribution in [0.5, 0.6) is 0 Å². The average molecular weight is 251 g/mol. The van der Waals surface area contributed by atoms with Crippen LogP contribution in [0.4, 0.5) is 0 Å². The third kappa shape index (κ3) is 4.08. The summed E-state index contributed by atoms with van der Waals surface area (Å²) >= 11 is 0. The molecule has 1 aliphatic carbocycles. The SMILES string of the molecule is CCC1CCC(C(=O)CCC2CCCNC2)CC1. The highest BCUT2D eigenvalue weighted by Gasteiger charge is 2.25. The number of rotatable bonds is 5. The molecule has 2 fully saturated rings. The van der Waals surface area contributed by atoms with Gasteiger partial charge < -0.3 is 5.32 Å². The molecule has 2 heteroatoms. The van der Waals surface area contributed by atoms with Crippen molar-refractivity contribution in [2.45, 2.75) is 64.7 Å². The Kier molecular flexibility index (Phi) is 5.68. The molecule has 0 aromatic carbocycles. The molecule has 0 amide bonds. The van der Waals surface area contributed by atoms with Crippen molar-refractivity contribution in [1.29, 1.82) is 0 Å². The van der Waals surface area contributed by atoms with E-state index in [2.05, 4.69) is 12.2 Å². The second-order valence-corrected chi connectivity index (χ2v) is 6.34. The van der Waals surface area contributed by atoms with Crippen molar-refractivity contribution in [3.05, 3.63) is 0 Å². The summed E-state index contributed by atoms with van der Waals surface area (Å²) in [5.41, 5.74) is 0. The van der Waals surface area contributed by atoms with Gasteiger partial charge in [-0.2, -0.15) is 0 Å². The standard InChI is InChI=1S/C16H29NO/c1-2-13-5-8-15(9-6-13)16(18)10-7-14-4-3-11-17-12-14/h13-15,17H,2-12H2,1H3. The monoisotopic (exact) mass is 251 g/mol. The van der Waals surface area contributed by atoms with Crippen LogP contribution in [0.3, 0.4) is 0 Å². The Morgan fingerprint density at radius 2 is 1.89 bits per heavy atom. The Morgan fingerprint density at radius 3 is 2.50 bits per heavy atom. The van der Waals surface area contributed by atoms with E-state index in [4.69, 9.17) is 0 Å². The van der Waals surface area contributed by atoms with E-state index in [1.54, 1.807) is 0 Å². The molecule has 1 atom stereocenters. The first kappa shape index (κ1) is 14.0. The molecule has 2 rings (SSSR count). The van der Waals surface area contributed by atoms with E-state index in [1.165, 1.54) is 51.5 Å². The van der Waals surface area contributed by atoms with Gasteiger partial charge in [0.25, 0.3) is 0 Å². The van der Waals surface area contributed by atoms with Crippen LogP contribution in [0.15, 0.2) is 0 Å². The number of carbonyl (C=O) groups excluding carboxylic acids is 1. The van der Waals surface area contributed by atoms with E-state index < -0.39 is 0 Å². The number of hydrogen-bond donors (Lipinski definition) is 1. The molecule has 1 N–H and O–H groups in total. The van der Waals surface area contributed by atoms with Crippen molar-refractivity contribution in [2.75, 3.05) is 13.1 Å². The minimum Gasteiger partial charge on any atom is -0.316 e. The molecule has 0 radical (unpaired) electrons. The molecule has 104 valence electrons. The van der Waals surface area contributed by atoms with E-state index in [-0.39, 0.29) is 0 Å². The van der Waals surface area contributed by atoms with Gasteiger partial charge in [0.15, 0.2) is 0 Å². The van der Waals surface area contributed by atoms with Crippen LogP contribution in [0.25, 0.3) is 0 Å². The first-order chi connectivity index (χ1) is 8.79. The minimum absolute atomic E-state index is 0.407. The third-order valence-corrected chi connectivity index (χ3v) is 5.08. The molecule has 0 spiro atoms. The number of carbonyl (C=O) groups is 1. The van der Waals surface area contributed by atoms with Gasteiger partial charge in [-0.1, -0.05) is 13.3 Å². The van der Waals surface area contributed by atoms with Crippen molar-refractivity contribution in [1.82, 2.24) is 5.32 Å². The summed E-state index contributed by atoms with van der Waals surface area (Å²) in [5.74, 6) is 2.63. The lowest BCUT2D eigenvalue weighted by atomic mass is 9.78. The van der Waals surface area contributed by atoms with Crippen molar-refractivity contribution in [2.24, 2.45) is 17.8 Å². The molecule has 1 aliphatic heterocycles. The molecule has 1 heterocycles. The average Bonchev–Trinajstić information content (AvgIpc) is 2.46. The van der Waals surface area contributed by atoms with Gasteiger partial charge in [-0.15, -0.1) is 0 Å². The van der Waals surface area contributed by atoms with Crippen molar-refractivity contribution >= 4 is 5.78 Å². The van der Waals surface area contributed by atoms with Gasteiger partial charge in [0, 0.05) is 12.3 Å². The summed E-state index contributed by atoms with van der Waals surface area (Å²) in [6, 6.07) is 0. The normalized spacial score (nSPS) is 33.3. The van der Waals surface area contributed by atoms with E-state index >= 15 is 0 Å². The topological polar surface area (TPSA) is 29.1 Å². The Balaban J connectivity index is 1.65. The lowest BCUT2D eigenvalue weighted by Gasteiger charge is -2.28.